The zero-order valence-corrected chi connectivity index (χ0v) is 20.9. The molecule has 188 valence electrons. The van der Waals surface area contributed by atoms with Gasteiger partial charge in [0.2, 0.25) is 11.8 Å². The van der Waals surface area contributed by atoms with E-state index in [1.165, 1.54) is 64.2 Å². The summed E-state index contributed by atoms with van der Waals surface area (Å²) in [6.07, 6.45) is 18.2. The van der Waals surface area contributed by atoms with Crippen LogP contribution >= 0.6 is 0 Å². The number of likely N-dealkylation sites (tertiary alicyclic amines) is 1. The van der Waals surface area contributed by atoms with Crippen molar-refractivity contribution >= 4 is 11.8 Å². The number of nitrogens with two attached hydrogens (primary N) is 2. The van der Waals surface area contributed by atoms with E-state index < -0.39 is 6.04 Å². The Hall–Kier alpha value is -1.14. The average molecular weight is 461 g/mol. The van der Waals surface area contributed by atoms with Crippen LogP contribution in [0.25, 0.3) is 0 Å². The molecular weight excluding hydrogens is 412 g/mol. The first-order chi connectivity index (χ1) is 16.0. The molecule has 33 heavy (non-hydrogen) atoms. The van der Waals surface area contributed by atoms with Crippen molar-refractivity contribution in [3.05, 3.63) is 0 Å². The number of carbonyl (C=O) groups is 2. The second kappa shape index (κ2) is 11.5. The van der Waals surface area contributed by atoms with Crippen molar-refractivity contribution < 1.29 is 9.59 Å². The number of hydrogen-bond donors (Lipinski definition) is 2. The van der Waals surface area contributed by atoms with Crippen LogP contribution in [-0.4, -0.2) is 59.4 Å². The van der Waals surface area contributed by atoms with Gasteiger partial charge < -0.3 is 21.3 Å². The minimum absolute atomic E-state index is 0.0473. The minimum atomic E-state index is -0.456. The zero-order chi connectivity index (χ0) is 23.4. The van der Waals surface area contributed by atoms with E-state index in [-0.39, 0.29) is 35.9 Å². The standard InChI is InChI=1S/C27H48N4O2/c1-30(22-16-14-21(28)15-17-22)26(32)23-13-8-18-31(23)27(33)25(29)24(19-9-4-2-5-10-19)20-11-6-3-7-12-20/h19-25H,2-18,28-29H2,1H3/t21?,22?,23-,25-/m0/s1. The van der Waals surface area contributed by atoms with Gasteiger partial charge in [0.05, 0.1) is 6.04 Å². The monoisotopic (exact) mass is 460 g/mol. The summed E-state index contributed by atoms with van der Waals surface area (Å²) in [5.74, 6) is 1.59. The number of likely N-dealkylation sites (N-methyl/N-ethyl adjacent to an activating group) is 1. The van der Waals surface area contributed by atoms with Crippen LogP contribution in [0.2, 0.25) is 0 Å². The number of hydrogen-bond acceptors (Lipinski definition) is 4. The van der Waals surface area contributed by atoms with Crippen molar-refractivity contribution in [2.24, 2.45) is 29.2 Å². The molecule has 1 saturated heterocycles. The Morgan fingerprint density at radius 1 is 0.788 bits per heavy atom. The number of amides is 2. The summed E-state index contributed by atoms with van der Waals surface area (Å²) in [4.78, 5) is 31.1. The van der Waals surface area contributed by atoms with E-state index in [2.05, 4.69) is 0 Å². The summed E-state index contributed by atoms with van der Waals surface area (Å²) in [6, 6.07) is -0.269. The van der Waals surface area contributed by atoms with Crippen LogP contribution in [0.4, 0.5) is 0 Å². The van der Waals surface area contributed by atoms with Gasteiger partial charge in [-0.3, -0.25) is 9.59 Å². The van der Waals surface area contributed by atoms with Crippen molar-refractivity contribution in [2.45, 2.75) is 127 Å². The highest BCUT2D eigenvalue weighted by molar-refractivity contribution is 5.90. The van der Waals surface area contributed by atoms with Gasteiger partial charge in [-0.1, -0.05) is 64.2 Å². The van der Waals surface area contributed by atoms with E-state index in [1.807, 2.05) is 16.8 Å². The van der Waals surface area contributed by atoms with E-state index in [9.17, 15) is 9.59 Å². The van der Waals surface area contributed by atoms with Gasteiger partial charge in [0.1, 0.15) is 6.04 Å². The van der Waals surface area contributed by atoms with Crippen LogP contribution in [0.1, 0.15) is 103 Å². The molecule has 0 bridgehead atoms. The first kappa shape index (κ1) is 25.0. The number of rotatable bonds is 6. The van der Waals surface area contributed by atoms with Crippen LogP contribution in [0.15, 0.2) is 0 Å². The highest BCUT2D eigenvalue weighted by Gasteiger charge is 2.44. The Labute approximate surface area is 201 Å². The summed E-state index contributed by atoms with van der Waals surface area (Å²) in [5.41, 5.74) is 12.9. The second-order valence-electron chi connectivity index (χ2n) is 11.6. The normalized spacial score (nSPS) is 31.0. The molecular formula is C27H48N4O2. The maximum absolute atomic E-state index is 13.8. The Bertz CT molecular complexity index is 633. The molecule has 1 heterocycles. The summed E-state index contributed by atoms with van der Waals surface area (Å²) in [7, 11) is 1.93. The molecule has 4 aliphatic rings. The molecule has 2 amide bonds. The lowest BCUT2D eigenvalue weighted by molar-refractivity contribution is -0.146. The van der Waals surface area contributed by atoms with E-state index in [1.54, 1.807) is 0 Å². The van der Waals surface area contributed by atoms with Crippen molar-refractivity contribution in [1.29, 1.82) is 0 Å². The SMILES string of the molecule is CN(C(=O)[C@@H]1CCCN1C(=O)[C@@H](N)C(C1CCCCC1)C1CCCCC1)C1CCC(N)CC1. The maximum atomic E-state index is 13.8. The molecule has 4 N–H and O–H groups in total. The fraction of sp³-hybridized carbons (Fsp3) is 0.926. The molecule has 0 spiro atoms. The van der Waals surface area contributed by atoms with Gasteiger partial charge in [-0.2, -0.15) is 0 Å². The summed E-state index contributed by atoms with van der Waals surface area (Å²) in [6.45, 7) is 0.675. The van der Waals surface area contributed by atoms with Crippen LogP contribution in [0.3, 0.4) is 0 Å². The topological polar surface area (TPSA) is 92.7 Å². The smallest absolute Gasteiger partial charge is 0.245 e. The predicted octanol–water partition coefficient (Wildman–Crippen LogP) is 3.81. The van der Waals surface area contributed by atoms with Gasteiger partial charge in [-0.05, 0) is 56.3 Å². The lowest BCUT2D eigenvalue weighted by atomic mass is 9.66. The van der Waals surface area contributed by atoms with Crippen LogP contribution < -0.4 is 11.5 Å². The van der Waals surface area contributed by atoms with Crippen molar-refractivity contribution in [3.8, 4) is 0 Å². The largest absolute Gasteiger partial charge is 0.341 e. The van der Waals surface area contributed by atoms with E-state index in [4.69, 9.17) is 11.5 Å². The molecule has 0 unspecified atom stereocenters. The van der Waals surface area contributed by atoms with Gasteiger partial charge in [-0.25, -0.2) is 0 Å². The molecule has 0 radical (unpaired) electrons. The summed E-state index contributed by atoms with van der Waals surface area (Å²) < 4.78 is 0. The summed E-state index contributed by atoms with van der Waals surface area (Å²) >= 11 is 0. The van der Waals surface area contributed by atoms with Crippen LogP contribution in [-0.2, 0) is 9.59 Å². The minimum Gasteiger partial charge on any atom is -0.341 e. The average Bonchev–Trinajstić information content (AvgIpc) is 3.34. The Kier molecular flexibility index (Phi) is 8.72. The Morgan fingerprint density at radius 3 is 1.88 bits per heavy atom. The van der Waals surface area contributed by atoms with Crippen molar-refractivity contribution in [3.63, 3.8) is 0 Å². The quantitative estimate of drug-likeness (QED) is 0.630. The van der Waals surface area contributed by atoms with Gasteiger partial charge >= 0.3 is 0 Å². The lowest BCUT2D eigenvalue weighted by Crippen LogP contribution is -2.56. The number of carbonyl (C=O) groups excluding carboxylic acids is 2. The van der Waals surface area contributed by atoms with Gasteiger partial charge in [0, 0.05) is 25.7 Å². The van der Waals surface area contributed by atoms with Crippen LogP contribution in [0.5, 0.6) is 0 Å². The van der Waals surface area contributed by atoms with Gasteiger partial charge in [-0.15, -0.1) is 0 Å². The third-order valence-electron chi connectivity index (χ3n) is 9.55. The number of nitrogens with zero attached hydrogens (tertiary/aromatic N) is 2. The molecule has 1 aliphatic heterocycles. The molecule has 0 aromatic rings. The maximum Gasteiger partial charge on any atom is 0.245 e. The first-order valence-corrected chi connectivity index (χ1v) is 14.1. The molecule has 3 saturated carbocycles. The molecule has 4 rings (SSSR count). The molecule has 3 aliphatic carbocycles. The predicted molar refractivity (Wildman–Crippen MR) is 132 cm³/mol. The highest BCUT2D eigenvalue weighted by Crippen LogP contribution is 2.42. The zero-order valence-electron chi connectivity index (χ0n) is 20.9. The molecule has 6 nitrogen and oxygen atoms in total. The molecule has 6 heteroatoms. The van der Waals surface area contributed by atoms with Crippen molar-refractivity contribution in [2.75, 3.05) is 13.6 Å². The first-order valence-electron chi connectivity index (χ1n) is 14.1. The van der Waals surface area contributed by atoms with Crippen molar-refractivity contribution in [1.82, 2.24) is 9.80 Å². The fourth-order valence-corrected chi connectivity index (χ4v) is 7.56. The Morgan fingerprint density at radius 2 is 1.33 bits per heavy atom. The van der Waals surface area contributed by atoms with E-state index in [0.717, 1.165) is 38.5 Å². The van der Waals surface area contributed by atoms with Crippen LogP contribution in [0, 0.1) is 17.8 Å². The third kappa shape index (κ3) is 5.75. The molecule has 2 atom stereocenters. The van der Waals surface area contributed by atoms with E-state index >= 15 is 0 Å². The van der Waals surface area contributed by atoms with Gasteiger partial charge in [0.25, 0.3) is 0 Å². The van der Waals surface area contributed by atoms with E-state index in [0.29, 0.717) is 18.4 Å². The third-order valence-corrected chi connectivity index (χ3v) is 9.55. The summed E-state index contributed by atoms with van der Waals surface area (Å²) in [5, 5.41) is 0. The lowest BCUT2D eigenvalue weighted by Gasteiger charge is -2.42. The Balaban J connectivity index is 1.45. The molecule has 4 fully saturated rings. The van der Waals surface area contributed by atoms with Gasteiger partial charge in [0.15, 0.2) is 0 Å². The second-order valence-corrected chi connectivity index (χ2v) is 11.6. The fourth-order valence-electron chi connectivity index (χ4n) is 7.56. The highest BCUT2D eigenvalue weighted by atomic mass is 16.2. The molecule has 0 aromatic carbocycles. The molecule has 0 aromatic heterocycles.